The Balaban J connectivity index is 1.89. The minimum atomic E-state index is -0.620. The van der Waals surface area contributed by atoms with Gasteiger partial charge < -0.3 is 10.2 Å². The van der Waals surface area contributed by atoms with Crippen LogP contribution in [0.15, 0.2) is 24.3 Å². The van der Waals surface area contributed by atoms with E-state index < -0.39 is 12.1 Å². The van der Waals surface area contributed by atoms with Crippen molar-refractivity contribution < 1.29 is 9.59 Å². The van der Waals surface area contributed by atoms with Crippen molar-refractivity contribution in [3.8, 4) is 0 Å². The van der Waals surface area contributed by atoms with Crippen molar-refractivity contribution in [3.05, 3.63) is 40.5 Å². The standard InChI is InChI=1S/C16H18ClN5O2/c1-9-13(17)14(21(3)20-9)19-16(24)22-8-11-6-4-5-7-12(11)18-15(23)10(22)2/h4-7,10H,8H2,1-3H3,(H,18,23)(H,19,24). The van der Waals surface area contributed by atoms with Gasteiger partial charge in [-0.2, -0.15) is 5.10 Å². The first-order valence-corrected chi connectivity index (χ1v) is 7.91. The number of benzene rings is 1. The van der Waals surface area contributed by atoms with Gasteiger partial charge in [0.05, 0.1) is 12.2 Å². The molecule has 0 bridgehead atoms. The fourth-order valence-corrected chi connectivity index (χ4v) is 2.88. The van der Waals surface area contributed by atoms with Gasteiger partial charge in [-0.1, -0.05) is 29.8 Å². The summed E-state index contributed by atoms with van der Waals surface area (Å²) in [4.78, 5) is 26.5. The number of aromatic nitrogens is 2. The molecule has 1 unspecified atom stereocenters. The lowest BCUT2D eigenvalue weighted by Crippen LogP contribution is -2.45. The minimum Gasteiger partial charge on any atom is -0.324 e. The monoisotopic (exact) mass is 347 g/mol. The Bertz CT molecular complexity index is 817. The maximum absolute atomic E-state index is 12.7. The summed E-state index contributed by atoms with van der Waals surface area (Å²) in [6.07, 6.45) is 0. The number of carbonyl (C=O) groups excluding carboxylic acids is 2. The third-order valence-corrected chi connectivity index (χ3v) is 4.55. The van der Waals surface area contributed by atoms with Crippen molar-refractivity contribution in [2.24, 2.45) is 7.05 Å². The zero-order valence-electron chi connectivity index (χ0n) is 13.6. The predicted molar refractivity (Wildman–Crippen MR) is 92.1 cm³/mol. The number of rotatable bonds is 1. The van der Waals surface area contributed by atoms with E-state index in [-0.39, 0.29) is 5.91 Å². The third kappa shape index (κ3) is 2.82. The molecule has 0 fully saturated rings. The fraction of sp³-hybridized carbons (Fsp3) is 0.312. The topological polar surface area (TPSA) is 79.3 Å². The Labute approximate surface area is 144 Å². The van der Waals surface area contributed by atoms with Gasteiger partial charge in [0.25, 0.3) is 0 Å². The van der Waals surface area contributed by atoms with Crippen molar-refractivity contribution in [2.75, 3.05) is 10.6 Å². The van der Waals surface area contributed by atoms with Crippen LogP contribution in [-0.2, 0) is 18.4 Å². The van der Waals surface area contributed by atoms with Gasteiger partial charge in [0.1, 0.15) is 11.1 Å². The maximum atomic E-state index is 12.7. The molecule has 1 aliphatic rings. The van der Waals surface area contributed by atoms with Crippen LogP contribution in [0.5, 0.6) is 0 Å². The number of carbonyl (C=O) groups is 2. The SMILES string of the molecule is Cc1nn(C)c(NC(=O)N2Cc3ccccc3NC(=O)C2C)c1Cl. The molecule has 0 radical (unpaired) electrons. The number of amides is 3. The molecule has 0 saturated carbocycles. The lowest BCUT2D eigenvalue weighted by atomic mass is 10.2. The maximum Gasteiger partial charge on any atom is 0.324 e. The van der Waals surface area contributed by atoms with E-state index in [1.54, 1.807) is 20.9 Å². The molecule has 2 N–H and O–H groups in total. The van der Waals surface area contributed by atoms with Gasteiger partial charge in [-0.05, 0) is 25.5 Å². The van der Waals surface area contributed by atoms with Gasteiger partial charge in [-0.25, -0.2) is 4.79 Å². The molecule has 0 saturated heterocycles. The van der Waals surface area contributed by atoms with E-state index >= 15 is 0 Å². The van der Waals surface area contributed by atoms with Crippen LogP contribution in [0.3, 0.4) is 0 Å². The first-order chi connectivity index (χ1) is 11.4. The average Bonchev–Trinajstić information content (AvgIpc) is 2.71. The summed E-state index contributed by atoms with van der Waals surface area (Å²) < 4.78 is 1.51. The van der Waals surface area contributed by atoms with Crippen LogP contribution in [0.25, 0.3) is 0 Å². The van der Waals surface area contributed by atoms with Crippen LogP contribution in [0.4, 0.5) is 16.3 Å². The van der Waals surface area contributed by atoms with E-state index in [9.17, 15) is 9.59 Å². The van der Waals surface area contributed by atoms with Gasteiger partial charge in [0.15, 0.2) is 5.82 Å². The van der Waals surface area contributed by atoms with Crippen LogP contribution in [0.2, 0.25) is 5.02 Å². The number of hydrogen-bond donors (Lipinski definition) is 2. The van der Waals surface area contributed by atoms with Crippen molar-refractivity contribution in [2.45, 2.75) is 26.4 Å². The van der Waals surface area contributed by atoms with Gasteiger partial charge in [-0.3, -0.25) is 14.8 Å². The highest BCUT2D eigenvalue weighted by Crippen LogP contribution is 2.27. The molecule has 0 aliphatic carbocycles. The molecule has 24 heavy (non-hydrogen) atoms. The molecule has 7 nitrogen and oxygen atoms in total. The number of fused-ring (bicyclic) bond motifs is 1. The quantitative estimate of drug-likeness (QED) is 0.832. The van der Waals surface area contributed by atoms with Crippen LogP contribution in [0.1, 0.15) is 18.2 Å². The van der Waals surface area contributed by atoms with Crippen LogP contribution in [-0.4, -0.2) is 32.7 Å². The van der Waals surface area contributed by atoms with Crippen molar-refractivity contribution in [3.63, 3.8) is 0 Å². The van der Waals surface area contributed by atoms with Gasteiger partial charge in [0, 0.05) is 12.7 Å². The average molecular weight is 348 g/mol. The molecule has 1 aromatic heterocycles. The summed E-state index contributed by atoms with van der Waals surface area (Å²) in [6.45, 7) is 3.77. The lowest BCUT2D eigenvalue weighted by Gasteiger charge is -2.26. The number of urea groups is 1. The Morgan fingerprint density at radius 1 is 1.42 bits per heavy atom. The molecule has 1 aliphatic heterocycles. The second-order valence-electron chi connectivity index (χ2n) is 5.75. The third-order valence-electron chi connectivity index (χ3n) is 4.10. The van der Waals surface area contributed by atoms with E-state index in [2.05, 4.69) is 15.7 Å². The Kier molecular flexibility index (Phi) is 4.19. The molecule has 3 rings (SSSR count). The minimum absolute atomic E-state index is 0.234. The van der Waals surface area contributed by atoms with Crippen molar-refractivity contribution >= 4 is 35.0 Å². The van der Waals surface area contributed by atoms with Crippen molar-refractivity contribution in [1.29, 1.82) is 0 Å². The molecular formula is C16H18ClN5O2. The van der Waals surface area contributed by atoms with Crippen molar-refractivity contribution in [1.82, 2.24) is 14.7 Å². The number of halogens is 1. The molecule has 1 aromatic carbocycles. The van der Waals surface area contributed by atoms with E-state index in [4.69, 9.17) is 11.6 Å². The number of hydrogen-bond acceptors (Lipinski definition) is 3. The molecule has 0 spiro atoms. The van der Waals surface area contributed by atoms with E-state index in [0.717, 1.165) is 11.3 Å². The largest absolute Gasteiger partial charge is 0.324 e. The van der Waals surface area contributed by atoms with Gasteiger partial charge in [-0.15, -0.1) is 0 Å². The summed E-state index contributed by atoms with van der Waals surface area (Å²) in [5.41, 5.74) is 2.22. The summed E-state index contributed by atoms with van der Waals surface area (Å²) in [5, 5.41) is 10.2. The van der Waals surface area contributed by atoms with E-state index in [0.29, 0.717) is 23.1 Å². The second-order valence-corrected chi connectivity index (χ2v) is 6.13. The summed E-state index contributed by atoms with van der Waals surface area (Å²) in [5.74, 6) is 0.173. The highest BCUT2D eigenvalue weighted by atomic mass is 35.5. The first-order valence-electron chi connectivity index (χ1n) is 7.54. The van der Waals surface area contributed by atoms with E-state index in [1.807, 2.05) is 24.3 Å². The predicted octanol–water partition coefficient (Wildman–Crippen LogP) is 2.76. The Morgan fingerprint density at radius 3 is 2.79 bits per heavy atom. The Hall–Kier alpha value is -2.54. The number of nitrogens with zero attached hydrogens (tertiary/aromatic N) is 3. The molecule has 3 amide bonds. The number of aryl methyl sites for hydroxylation is 2. The van der Waals surface area contributed by atoms with Crippen LogP contribution >= 0.6 is 11.6 Å². The van der Waals surface area contributed by atoms with Gasteiger partial charge >= 0.3 is 6.03 Å². The summed E-state index contributed by atoms with van der Waals surface area (Å²) in [6, 6.07) is 6.40. The normalized spacial score (nSPS) is 17.1. The lowest BCUT2D eigenvalue weighted by molar-refractivity contribution is -0.119. The van der Waals surface area contributed by atoms with Crippen LogP contribution in [0, 0.1) is 6.92 Å². The molecule has 126 valence electrons. The molecule has 2 heterocycles. The number of para-hydroxylation sites is 1. The second kappa shape index (κ2) is 6.16. The van der Waals surface area contributed by atoms with Gasteiger partial charge in [0.2, 0.25) is 5.91 Å². The number of anilines is 2. The smallest absolute Gasteiger partial charge is 0.324 e. The Morgan fingerprint density at radius 2 is 2.12 bits per heavy atom. The molecule has 2 aromatic rings. The molecule has 8 heteroatoms. The molecular weight excluding hydrogens is 330 g/mol. The summed E-state index contributed by atoms with van der Waals surface area (Å²) >= 11 is 6.18. The fourth-order valence-electron chi connectivity index (χ4n) is 2.67. The highest BCUT2D eigenvalue weighted by molar-refractivity contribution is 6.34. The highest BCUT2D eigenvalue weighted by Gasteiger charge is 2.31. The zero-order valence-corrected chi connectivity index (χ0v) is 14.4. The summed E-state index contributed by atoms with van der Waals surface area (Å²) in [7, 11) is 1.70. The zero-order chi connectivity index (χ0) is 17.4. The first kappa shape index (κ1) is 16.3. The van der Waals surface area contributed by atoms with Crippen LogP contribution < -0.4 is 10.6 Å². The molecule has 1 atom stereocenters. The van der Waals surface area contributed by atoms with E-state index in [1.165, 1.54) is 9.58 Å². The number of nitrogens with one attached hydrogen (secondary N) is 2.